The van der Waals surface area contributed by atoms with Crippen molar-refractivity contribution in [1.82, 2.24) is 0 Å². The molecule has 6 atom stereocenters. The molecule has 122 valence electrons. The summed E-state index contributed by atoms with van der Waals surface area (Å²) in [4.78, 5) is 14.1. The molecule has 9 nitrogen and oxygen atoms in total. The van der Waals surface area contributed by atoms with Crippen LogP contribution in [0.4, 0.5) is 0 Å². The summed E-state index contributed by atoms with van der Waals surface area (Å²) >= 11 is 0. The van der Waals surface area contributed by atoms with E-state index in [1.165, 1.54) is 0 Å². The Hall–Kier alpha value is -2.16. The minimum atomic E-state index is -1.38. The fourth-order valence-corrected chi connectivity index (χ4v) is 2.82. The van der Waals surface area contributed by atoms with Gasteiger partial charge in [0.05, 0.1) is 12.6 Å². The Kier molecular flexibility index (Phi) is 4.46. The summed E-state index contributed by atoms with van der Waals surface area (Å²) in [7, 11) is 0. The Morgan fingerprint density at radius 1 is 1.35 bits per heavy atom. The third-order valence-electron chi connectivity index (χ3n) is 3.91. The van der Waals surface area contributed by atoms with Gasteiger partial charge in [-0.15, -0.1) is 0 Å². The average Bonchev–Trinajstić information content (AvgIpc) is 2.57. The van der Waals surface area contributed by atoms with Gasteiger partial charge in [0.15, 0.2) is 12.4 Å². The highest BCUT2D eigenvalue weighted by atomic mass is 16.7. The van der Waals surface area contributed by atoms with Crippen molar-refractivity contribution in [2.75, 3.05) is 6.61 Å². The van der Waals surface area contributed by atoms with Crippen molar-refractivity contribution in [1.29, 1.82) is 0 Å². The molecule has 0 bridgehead atoms. The van der Waals surface area contributed by atoms with Crippen LogP contribution in [0.2, 0.25) is 0 Å². The van der Waals surface area contributed by atoms with Crippen LogP contribution in [0.5, 0.6) is 0 Å². The van der Waals surface area contributed by atoms with Gasteiger partial charge in [-0.25, -0.2) is 0 Å². The third-order valence-corrected chi connectivity index (χ3v) is 3.91. The van der Waals surface area contributed by atoms with E-state index in [9.17, 15) is 9.90 Å². The summed E-state index contributed by atoms with van der Waals surface area (Å²) in [5, 5.41) is 13.8. The highest BCUT2D eigenvalue weighted by Crippen LogP contribution is 2.35. The Bertz CT molecular complexity index is 621. The second-order valence-electron chi connectivity index (χ2n) is 5.36. The molecule has 2 aliphatic heterocycles. The van der Waals surface area contributed by atoms with E-state index in [4.69, 9.17) is 25.5 Å². The van der Waals surface area contributed by atoms with Gasteiger partial charge in [0.1, 0.15) is 18.3 Å². The molecule has 23 heavy (non-hydrogen) atoms. The van der Waals surface area contributed by atoms with Crippen LogP contribution < -0.4 is 5.73 Å². The number of benzene rings is 1. The maximum Gasteiger partial charge on any atom is 0.249 e. The van der Waals surface area contributed by atoms with E-state index in [2.05, 4.69) is 10.0 Å². The topological polar surface area (TPSA) is 140 Å². The standard InChI is InChI=1S/C14H16N4O5/c15-13(20)12-10(19)9(17-18-16)11-8(22-12)6-21-14(23-11)7-4-2-1-3-5-7/h1-5,8-12,14,19H,6H2,(H2,15,20)/t8-,9?,10-,11+,12-,14?/m1/s1. The molecular formula is C14H16N4O5. The van der Waals surface area contributed by atoms with Crippen LogP contribution in [-0.4, -0.2) is 48.1 Å². The van der Waals surface area contributed by atoms with E-state index in [0.29, 0.717) is 0 Å². The van der Waals surface area contributed by atoms with Gasteiger partial charge in [0.2, 0.25) is 5.91 Å². The number of ether oxygens (including phenoxy) is 3. The smallest absolute Gasteiger partial charge is 0.249 e. The quantitative estimate of drug-likeness (QED) is 0.471. The van der Waals surface area contributed by atoms with E-state index in [0.717, 1.165) is 5.56 Å². The highest BCUT2D eigenvalue weighted by molar-refractivity contribution is 5.79. The van der Waals surface area contributed by atoms with Crippen LogP contribution >= 0.6 is 0 Å². The Morgan fingerprint density at radius 2 is 2.09 bits per heavy atom. The predicted molar refractivity (Wildman–Crippen MR) is 76.8 cm³/mol. The molecule has 0 radical (unpaired) electrons. The molecule has 2 fully saturated rings. The van der Waals surface area contributed by atoms with E-state index in [1.807, 2.05) is 30.3 Å². The number of carbonyl (C=O) groups excluding carboxylic acids is 1. The van der Waals surface area contributed by atoms with E-state index in [-0.39, 0.29) is 6.61 Å². The van der Waals surface area contributed by atoms with Gasteiger partial charge in [-0.1, -0.05) is 35.4 Å². The fraction of sp³-hybridized carbons (Fsp3) is 0.500. The summed E-state index contributed by atoms with van der Waals surface area (Å²) in [6, 6.07) is 8.22. The number of amides is 1. The number of primary amides is 1. The molecule has 0 aliphatic carbocycles. The van der Waals surface area contributed by atoms with E-state index >= 15 is 0 Å². The normalized spacial score (nSPS) is 36.6. The minimum absolute atomic E-state index is 0.123. The van der Waals surface area contributed by atoms with Gasteiger partial charge in [-0.2, -0.15) is 0 Å². The number of nitrogens with zero attached hydrogens (tertiary/aromatic N) is 3. The minimum Gasteiger partial charge on any atom is -0.389 e. The zero-order valence-corrected chi connectivity index (χ0v) is 12.1. The number of hydrogen-bond acceptors (Lipinski definition) is 6. The summed E-state index contributed by atoms with van der Waals surface area (Å²) in [5.74, 6) is -0.834. The Balaban J connectivity index is 1.84. The van der Waals surface area contributed by atoms with Gasteiger partial charge in [0.25, 0.3) is 0 Å². The Morgan fingerprint density at radius 3 is 2.74 bits per heavy atom. The molecule has 3 rings (SSSR count). The van der Waals surface area contributed by atoms with Crippen molar-refractivity contribution in [3.05, 3.63) is 46.3 Å². The zero-order chi connectivity index (χ0) is 16.4. The average molecular weight is 320 g/mol. The van der Waals surface area contributed by atoms with E-state index < -0.39 is 42.7 Å². The molecule has 0 saturated carbocycles. The second-order valence-corrected chi connectivity index (χ2v) is 5.36. The van der Waals surface area contributed by atoms with Crippen LogP contribution in [0, 0.1) is 0 Å². The van der Waals surface area contributed by atoms with Crippen molar-refractivity contribution >= 4 is 5.91 Å². The first kappa shape index (κ1) is 15.7. The van der Waals surface area contributed by atoms with Crippen LogP contribution in [0.3, 0.4) is 0 Å². The van der Waals surface area contributed by atoms with Gasteiger partial charge >= 0.3 is 0 Å². The first-order chi connectivity index (χ1) is 11.1. The first-order valence-corrected chi connectivity index (χ1v) is 7.11. The molecule has 2 unspecified atom stereocenters. The summed E-state index contributed by atoms with van der Waals surface area (Å²) < 4.78 is 16.9. The molecule has 3 N–H and O–H groups in total. The van der Waals surface area contributed by atoms with Crippen LogP contribution in [-0.2, 0) is 19.0 Å². The molecule has 2 heterocycles. The predicted octanol–water partition coefficient (Wildman–Crippen LogP) is 0.393. The van der Waals surface area contributed by atoms with Crippen molar-refractivity contribution in [2.45, 2.75) is 36.7 Å². The molecule has 1 aromatic carbocycles. The van der Waals surface area contributed by atoms with Crippen molar-refractivity contribution in [3.63, 3.8) is 0 Å². The van der Waals surface area contributed by atoms with Crippen LogP contribution in [0.1, 0.15) is 11.9 Å². The molecule has 0 aromatic heterocycles. The number of aliphatic hydroxyl groups is 1. The number of aliphatic hydroxyl groups excluding tert-OH is 1. The summed E-state index contributed by atoms with van der Waals surface area (Å²) in [6.07, 6.45) is -4.72. The van der Waals surface area contributed by atoms with Crippen LogP contribution in [0.15, 0.2) is 35.4 Å². The highest BCUT2D eigenvalue weighted by Gasteiger charge is 2.50. The molecule has 2 saturated heterocycles. The number of fused-ring (bicyclic) bond motifs is 1. The number of nitrogens with two attached hydrogens (primary N) is 1. The maximum absolute atomic E-state index is 11.4. The number of carbonyl (C=O) groups is 1. The third kappa shape index (κ3) is 3.00. The number of rotatable bonds is 3. The van der Waals surface area contributed by atoms with E-state index in [1.54, 1.807) is 0 Å². The lowest BCUT2D eigenvalue weighted by atomic mass is 9.92. The fourth-order valence-electron chi connectivity index (χ4n) is 2.82. The van der Waals surface area contributed by atoms with Gasteiger partial charge < -0.3 is 25.1 Å². The lowest BCUT2D eigenvalue weighted by Crippen LogP contribution is -2.63. The summed E-state index contributed by atoms with van der Waals surface area (Å²) in [6.45, 7) is 0.123. The number of hydrogen-bond donors (Lipinski definition) is 2. The molecule has 2 aliphatic rings. The first-order valence-electron chi connectivity index (χ1n) is 7.11. The van der Waals surface area contributed by atoms with Crippen molar-refractivity contribution in [3.8, 4) is 0 Å². The lowest BCUT2D eigenvalue weighted by molar-refractivity contribution is -0.302. The maximum atomic E-state index is 11.4. The van der Waals surface area contributed by atoms with Crippen LogP contribution in [0.25, 0.3) is 10.4 Å². The molecule has 9 heteroatoms. The van der Waals surface area contributed by atoms with Gasteiger partial charge in [-0.3, -0.25) is 4.79 Å². The zero-order valence-electron chi connectivity index (χ0n) is 12.1. The van der Waals surface area contributed by atoms with Gasteiger partial charge in [0, 0.05) is 10.5 Å². The Labute approximate surface area is 131 Å². The molecular weight excluding hydrogens is 304 g/mol. The number of azide groups is 1. The van der Waals surface area contributed by atoms with Crippen molar-refractivity contribution in [2.24, 2.45) is 10.8 Å². The largest absolute Gasteiger partial charge is 0.389 e. The molecule has 1 aromatic rings. The van der Waals surface area contributed by atoms with Crippen molar-refractivity contribution < 1.29 is 24.1 Å². The monoisotopic (exact) mass is 320 g/mol. The summed E-state index contributed by atoms with van der Waals surface area (Å²) in [5.41, 5.74) is 14.7. The lowest BCUT2D eigenvalue weighted by Gasteiger charge is -2.46. The second kappa shape index (κ2) is 6.53. The molecule has 1 amide bonds. The molecule has 0 spiro atoms. The van der Waals surface area contributed by atoms with Gasteiger partial charge in [-0.05, 0) is 5.53 Å². The SMILES string of the molecule is [N-]=[N+]=NC1[C@@H](O)[C@H](C(N)=O)O[C@@H]2COC(c3ccccc3)O[C@H]12.